The molecule has 0 aliphatic rings. The van der Waals surface area contributed by atoms with Crippen LogP contribution in [0.1, 0.15) is 39.2 Å². The first kappa shape index (κ1) is 23.9. The minimum Gasteiger partial charge on any atom is -0.475 e. The summed E-state index contributed by atoms with van der Waals surface area (Å²) in [6.45, 7) is 8.30. The largest absolute Gasteiger partial charge is 0.475 e. The number of hydrogen-bond acceptors (Lipinski definition) is 4. The molecule has 2 N–H and O–H groups in total. The van der Waals surface area contributed by atoms with Crippen LogP contribution < -0.4 is 15.4 Å². The number of nitrogens with zero attached hydrogens (tertiary/aromatic N) is 2. The highest BCUT2D eigenvalue weighted by Gasteiger charge is 2.09. The van der Waals surface area contributed by atoms with Gasteiger partial charge in [-0.25, -0.2) is 4.98 Å². The molecule has 0 saturated carbocycles. The number of pyridine rings is 1. The van der Waals surface area contributed by atoms with E-state index < -0.39 is 0 Å². The maximum atomic E-state index is 5.65. The van der Waals surface area contributed by atoms with Crippen LogP contribution in [0.3, 0.4) is 0 Å². The Labute approximate surface area is 169 Å². The van der Waals surface area contributed by atoms with Crippen molar-refractivity contribution >= 4 is 29.9 Å². The lowest BCUT2D eigenvalue weighted by Crippen LogP contribution is -2.42. The van der Waals surface area contributed by atoms with Crippen LogP contribution in [0.15, 0.2) is 23.3 Å². The quantitative estimate of drug-likeness (QED) is 0.241. The fraction of sp³-hybridized carbons (Fsp3) is 0.667. The molecule has 0 spiro atoms. The van der Waals surface area contributed by atoms with E-state index in [1.54, 1.807) is 20.4 Å². The maximum absolute atomic E-state index is 5.65. The van der Waals surface area contributed by atoms with E-state index in [2.05, 4.69) is 41.4 Å². The second-order valence-electron chi connectivity index (χ2n) is 6.25. The van der Waals surface area contributed by atoms with Crippen molar-refractivity contribution in [3.63, 3.8) is 0 Å². The first-order chi connectivity index (χ1) is 11.6. The zero-order valence-electron chi connectivity index (χ0n) is 16.0. The molecule has 6 nitrogen and oxygen atoms in total. The normalized spacial score (nSPS) is 12.5. The van der Waals surface area contributed by atoms with E-state index in [9.17, 15) is 0 Å². The molecule has 0 radical (unpaired) electrons. The van der Waals surface area contributed by atoms with Crippen molar-refractivity contribution in [3.05, 3.63) is 23.9 Å². The first-order valence-electron chi connectivity index (χ1n) is 8.59. The molecule has 25 heavy (non-hydrogen) atoms. The summed E-state index contributed by atoms with van der Waals surface area (Å²) in [5.41, 5.74) is 0.992. The summed E-state index contributed by atoms with van der Waals surface area (Å²) in [5.74, 6) is 2.13. The van der Waals surface area contributed by atoms with Crippen LogP contribution in [0, 0.1) is 5.92 Å². The Morgan fingerprint density at radius 3 is 2.64 bits per heavy atom. The van der Waals surface area contributed by atoms with Crippen LogP contribution in [-0.2, 0) is 11.3 Å². The molecule has 1 rings (SSSR count). The first-order valence-corrected chi connectivity index (χ1v) is 8.59. The molecule has 1 atom stereocenters. The van der Waals surface area contributed by atoms with Crippen LogP contribution >= 0.6 is 24.0 Å². The van der Waals surface area contributed by atoms with Crippen LogP contribution in [-0.4, -0.2) is 44.4 Å². The number of hydrogen-bond donors (Lipinski definition) is 2. The van der Waals surface area contributed by atoms with Crippen molar-refractivity contribution < 1.29 is 9.47 Å². The molecule has 0 bridgehead atoms. The topological polar surface area (TPSA) is 67.8 Å². The minimum atomic E-state index is 0. The third-order valence-electron chi connectivity index (χ3n) is 3.61. The molecule has 1 aromatic heterocycles. The van der Waals surface area contributed by atoms with E-state index >= 15 is 0 Å². The lowest BCUT2D eigenvalue weighted by molar-refractivity contribution is 0.143. The summed E-state index contributed by atoms with van der Waals surface area (Å²) in [6, 6.07) is 4.28. The summed E-state index contributed by atoms with van der Waals surface area (Å²) in [7, 11) is 3.43. The van der Waals surface area contributed by atoms with Crippen molar-refractivity contribution in [2.45, 2.75) is 46.2 Å². The Morgan fingerprint density at radius 1 is 1.24 bits per heavy atom. The number of nitrogens with one attached hydrogen (secondary N) is 2. The molecule has 1 heterocycles. The third kappa shape index (κ3) is 10.5. The van der Waals surface area contributed by atoms with E-state index in [-0.39, 0.29) is 24.0 Å². The number of rotatable bonds is 10. The fourth-order valence-corrected chi connectivity index (χ4v) is 2.17. The van der Waals surface area contributed by atoms with Crippen molar-refractivity contribution in [1.82, 2.24) is 15.6 Å². The number of methoxy groups -OCH3 is 1. The van der Waals surface area contributed by atoms with Gasteiger partial charge < -0.3 is 20.1 Å². The molecule has 0 aliphatic heterocycles. The van der Waals surface area contributed by atoms with Gasteiger partial charge in [0.15, 0.2) is 5.96 Å². The molecule has 0 aromatic carbocycles. The monoisotopic (exact) mass is 464 g/mol. The minimum absolute atomic E-state index is 0. The van der Waals surface area contributed by atoms with Gasteiger partial charge in [0.2, 0.25) is 5.88 Å². The van der Waals surface area contributed by atoms with Gasteiger partial charge >= 0.3 is 0 Å². The van der Waals surface area contributed by atoms with E-state index in [4.69, 9.17) is 9.47 Å². The van der Waals surface area contributed by atoms with Crippen molar-refractivity contribution in [3.8, 4) is 5.88 Å². The summed E-state index contributed by atoms with van der Waals surface area (Å²) >= 11 is 0. The summed E-state index contributed by atoms with van der Waals surface area (Å²) in [4.78, 5) is 8.57. The van der Waals surface area contributed by atoms with Gasteiger partial charge in [-0.05, 0) is 31.7 Å². The molecule has 0 saturated heterocycles. The Balaban J connectivity index is 0.00000576. The van der Waals surface area contributed by atoms with Crippen LogP contribution in [0.2, 0.25) is 0 Å². The van der Waals surface area contributed by atoms with E-state index in [0.29, 0.717) is 37.6 Å². The molecule has 0 fully saturated rings. The number of ether oxygens (including phenoxy) is 2. The number of aliphatic imine (C=N–C) groups is 1. The summed E-state index contributed by atoms with van der Waals surface area (Å²) in [6.07, 6.45) is 4.05. The van der Waals surface area contributed by atoms with Gasteiger partial charge in [-0.15, -0.1) is 24.0 Å². The van der Waals surface area contributed by atoms with Gasteiger partial charge in [-0.2, -0.15) is 0 Å². The fourth-order valence-electron chi connectivity index (χ4n) is 2.17. The van der Waals surface area contributed by atoms with E-state index in [1.807, 2.05) is 12.1 Å². The second kappa shape index (κ2) is 14.1. The van der Waals surface area contributed by atoms with Gasteiger partial charge in [0.1, 0.15) is 6.61 Å². The van der Waals surface area contributed by atoms with Gasteiger partial charge in [-0.1, -0.05) is 19.9 Å². The summed E-state index contributed by atoms with van der Waals surface area (Å²) < 4.78 is 10.7. The van der Waals surface area contributed by atoms with Gasteiger partial charge in [0.05, 0.1) is 6.61 Å². The highest BCUT2D eigenvalue weighted by atomic mass is 127. The average molecular weight is 464 g/mol. The zero-order chi connectivity index (χ0) is 17.8. The SMILES string of the molecule is CN=C(NCc1cccnc1OCCOC)NC(C)CCC(C)C.I. The smallest absolute Gasteiger partial charge is 0.218 e. The second-order valence-corrected chi connectivity index (χ2v) is 6.25. The average Bonchev–Trinajstić information content (AvgIpc) is 2.58. The Hall–Kier alpha value is -1.09. The Bertz CT molecular complexity index is 498. The lowest BCUT2D eigenvalue weighted by Gasteiger charge is -2.19. The predicted octanol–water partition coefficient (Wildman–Crippen LogP) is 3.21. The van der Waals surface area contributed by atoms with Gasteiger partial charge in [-0.3, -0.25) is 4.99 Å². The third-order valence-corrected chi connectivity index (χ3v) is 3.61. The highest BCUT2D eigenvalue weighted by molar-refractivity contribution is 14.0. The zero-order valence-corrected chi connectivity index (χ0v) is 18.4. The maximum Gasteiger partial charge on any atom is 0.218 e. The number of guanidine groups is 1. The Morgan fingerprint density at radius 2 is 2.00 bits per heavy atom. The molecule has 1 aromatic rings. The van der Waals surface area contributed by atoms with E-state index in [0.717, 1.165) is 17.9 Å². The van der Waals surface area contributed by atoms with Crippen molar-refractivity contribution in [2.24, 2.45) is 10.9 Å². The van der Waals surface area contributed by atoms with Crippen LogP contribution in [0.5, 0.6) is 5.88 Å². The molecule has 0 amide bonds. The molecule has 144 valence electrons. The standard InChI is InChI=1S/C18H32N4O2.HI/c1-14(2)8-9-15(3)22-18(19-4)21-13-16-7-6-10-20-17(16)24-12-11-23-5;/h6-7,10,14-15H,8-9,11-13H2,1-5H3,(H2,19,21,22);1H. The van der Waals surface area contributed by atoms with Crippen LogP contribution in [0.4, 0.5) is 0 Å². The Kier molecular flexibility index (Phi) is 13.5. The van der Waals surface area contributed by atoms with Crippen molar-refractivity contribution in [1.29, 1.82) is 0 Å². The molecule has 7 heteroatoms. The molecular formula is C18H33IN4O2. The van der Waals surface area contributed by atoms with Gasteiger partial charge in [0, 0.05) is 38.5 Å². The molecule has 1 unspecified atom stereocenters. The van der Waals surface area contributed by atoms with E-state index in [1.165, 1.54) is 6.42 Å². The number of halogens is 1. The lowest BCUT2D eigenvalue weighted by atomic mass is 10.0. The van der Waals surface area contributed by atoms with Crippen molar-refractivity contribution in [2.75, 3.05) is 27.4 Å². The van der Waals surface area contributed by atoms with Crippen LogP contribution in [0.25, 0.3) is 0 Å². The summed E-state index contributed by atoms with van der Waals surface area (Å²) in [5, 5.41) is 6.74. The number of aromatic nitrogens is 1. The predicted molar refractivity (Wildman–Crippen MR) is 114 cm³/mol. The molecule has 0 aliphatic carbocycles. The highest BCUT2D eigenvalue weighted by Crippen LogP contribution is 2.13. The molecular weight excluding hydrogens is 431 g/mol. The van der Waals surface area contributed by atoms with Gasteiger partial charge in [0.25, 0.3) is 0 Å².